The summed E-state index contributed by atoms with van der Waals surface area (Å²) in [5.41, 5.74) is 0.520. The Bertz CT molecular complexity index is 558. The number of alkyl carbamates (subject to hydrolysis) is 1. The highest BCUT2D eigenvalue weighted by atomic mass is 35.5. The van der Waals surface area contributed by atoms with Gasteiger partial charge in [0.05, 0.1) is 16.7 Å². The Morgan fingerprint density at radius 3 is 2.55 bits per heavy atom. The van der Waals surface area contributed by atoms with Crippen molar-refractivity contribution in [3.05, 3.63) is 33.8 Å². The highest BCUT2D eigenvalue weighted by Gasteiger charge is 2.25. The van der Waals surface area contributed by atoms with Crippen molar-refractivity contribution in [2.24, 2.45) is 0 Å². The molecule has 1 N–H and O–H groups in total. The third kappa shape index (κ3) is 4.27. The summed E-state index contributed by atoms with van der Waals surface area (Å²) in [6.07, 6.45) is 0.995. The number of nitrogens with zero attached hydrogens (tertiary/aromatic N) is 1. The number of carbonyl (C=O) groups is 2. The van der Waals surface area contributed by atoms with Gasteiger partial charge in [0.1, 0.15) is 0 Å². The Hall–Kier alpha value is -1.46. The van der Waals surface area contributed by atoms with Crippen molar-refractivity contribution in [3.8, 4) is 0 Å². The van der Waals surface area contributed by atoms with E-state index in [2.05, 4.69) is 5.32 Å². The zero-order valence-electron chi connectivity index (χ0n) is 12.3. The van der Waals surface area contributed by atoms with E-state index in [-0.39, 0.29) is 11.9 Å². The summed E-state index contributed by atoms with van der Waals surface area (Å²) in [6, 6.07) is 4.90. The topological polar surface area (TPSA) is 58.6 Å². The predicted molar refractivity (Wildman–Crippen MR) is 85.5 cm³/mol. The van der Waals surface area contributed by atoms with Crippen LogP contribution in [0.5, 0.6) is 0 Å². The fraction of sp³-hybridized carbons (Fsp3) is 0.467. The number of hydrogen-bond donors (Lipinski definition) is 1. The second kappa shape index (κ2) is 7.70. The average molecular weight is 345 g/mol. The number of halogens is 2. The molecule has 0 spiro atoms. The van der Waals surface area contributed by atoms with E-state index in [0.717, 1.165) is 0 Å². The largest absolute Gasteiger partial charge is 0.450 e. The molecule has 2 amide bonds. The van der Waals surface area contributed by atoms with Crippen LogP contribution in [-0.4, -0.2) is 42.6 Å². The molecule has 5 nitrogen and oxygen atoms in total. The van der Waals surface area contributed by atoms with Crippen molar-refractivity contribution in [1.29, 1.82) is 0 Å². The van der Waals surface area contributed by atoms with Crippen LogP contribution in [0.1, 0.15) is 30.1 Å². The minimum absolute atomic E-state index is 0.0388. The molecule has 1 aliphatic rings. The first-order valence-electron chi connectivity index (χ1n) is 7.19. The number of ether oxygens (including phenoxy) is 1. The zero-order chi connectivity index (χ0) is 16.1. The van der Waals surface area contributed by atoms with Gasteiger partial charge in [-0.1, -0.05) is 23.2 Å². The van der Waals surface area contributed by atoms with Gasteiger partial charge in [-0.2, -0.15) is 0 Å². The number of rotatable bonds is 3. The summed E-state index contributed by atoms with van der Waals surface area (Å²) in [5, 5.41) is 3.59. The maximum Gasteiger partial charge on any atom is 0.407 e. The molecule has 0 unspecified atom stereocenters. The standard InChI is InChI=1S/C15H18Cl2N2O3/c1-2-22-15(21)18-11-5-7-19(8-6-11)14(20)10-3-4-12(16)13(17)9-10/h3-4,9,11H,2,5-8H2,1H3,(H,18,21). The first-order chi connectivity index (χ1) is 10.5. The van der Waals surface area contributed by atoms with E-state index in [1.807, 2.05) is 0 Å². The molecule has 0 radical (unpaired) electrons. The molecular weight excluding hydrogens is 327 g/mol. The van der Waals surface area contributed by atoms with Crippen LogP contribution in [0, 0.1) is 0 Å². The third-order valence-corrected chi connectivity index (χ3v) is 4.29. The van der Waals surface area contributed by atoms with Gasteiger partial charge in [-0.15, -0.1) is 0 Å². The Morgan fingerprint density at radius 1 is 1.27 bits per heavy atom. The van der Waals surface area contributed by atoms with E-state index in [9.17, 15) is 9.59 Å². The number of amides is 2. The average Bonchev–Trinajstić information content (AvgIpc) is 2.50. The van der Waals surface area contributed by atoms with Crippen molar-refractivity contribution in [2.45, 2.75) is 25.8 Å². The summed E-state index contributed by atoms with van der Waals surface area (Å²) in [7, 11) is 0. The quantitative estimate of drug-likeness (QED) is 0.914. The first-order valence-corrected chi connectivity index (χ1v) is 7.94. The molecule has 1 fully saturated rings. The van der Waals surface area contributed by atoms with E-state index in [1.165, 1.54) is 0 Å². The summed E-state index contributed by atoms with van der Waals surface area (Å²) in [4.78, 5) is 25.5. The van der Waals surface area contributed by atoms with Gasteiger partial charge >= 0.3 is 6.09 Å². The molecule has 0 aliphatic carbocycles. The lowest BCUT2D eigenvalue weighted by Gasteiger charge is -2.32. The lowest BCUT2D eigenvalue weighted by atomic mass is 10.0. The molecule has 22 heavy (non-hydrogen) atoms. The van der Waals surface area contributed by atoms with E-state index >= 15 is 0 Å². The number of piperidine rings is 1. The highest BCUT2D eigenvalue weighted by molar-refractivity contribution is 6.42. The summed E-state index contributed by atoms with van der Waals surface area (Å²) in [6.45, 7) is 3.27. The molecule has 0 atom stereocenters. The fourth-order valence-electron chi connectivity index (χ4n) is 2.38. The number of benzene rings is 1. The normalized spacial score (nSPS) is 15.5. The van der Waals surface area contributed by atoms with Crippen LogP contribution in [0.3, 0.4) is 0 Å². The smallest absolute Gasteiger partial charge is 0.407 e. The van der Waals surface area contributed by atoms with Gasteiger partial charge in [0.2, 0.25) is 0 Å². The third-order valence-electron chi connectivity index (χ3n) is 3.55. The lowest BCUT2D eigenvalue weighted by molar-refractivity contribution is 0.0702. The number of likely N-dealkylation sites (tertiary alicyclic amines) is 1. The summed E-state index contributed by atoms with van der Waals surface area (Å²) >= 11 is 11.8. The minimum Gasteiger partial charge on any atom is -0.450 e. The number of carbonyl (C=O) groups excluding carboxylic acids is 2. The van der Waals surface area contributed by atoms with Crippen LogP contribution in [0.25, 0.3) is 0 Å². The SMILES string of the molecule is CCOC(=O)NC1CCN(C(=O)c2ccc(Cl)c(Cl)c2)CC1. The van der Waals surface area contributed by atoms with Crippen LogP contribution >= 0.6 is 23.2 Å². The van der Waals surface area contributed by atoms with Gasteiger partial charge in [0.15, 0.2) is 0 Å². The van der Waals surface area contributed by atoms with E-state index in [4.69, 9.17) is 27.9 Å². The fourth-order valence-corrected chi connectivity index (χ4v) is 2.68. The summed E-state index contributed by atoms with van der Waals surface area (Å²) < 4.78 is 4.85. The molecule has 1 aliphatic heterocycles. The molecule has 1 aromatic rings. The zero-order valence-corrected chi connectivity index (χ0v) is 13.8. The predicted octanol–water partition coefficient (Wildman–Crippen LogP) is 3.34. The molecule has 0 aromatic heterocycles. The highest BCUT2D eigenvalue weighted by Crippen LogP contribution is 2.24. The second-order valence-electron chi connectivity index (χ2n) is 5.06. The monoisotopic (exact) mass is 344 g/mol. The second-order valence-corrected chi connectivity index (χ2v) is 5.87. The lowest BCUT2D eigenvalue weighted by Crippen LogP contribution is -2.46. The van der Waals surface area contributed by atoms with Crippen LogP contribution < -0.4 is 5.32 Å². The van der Waals surface area contributed by atoms with Crippen LogP contribution in [0.2, 0.25) is 10.0 Å². The van der Waals surface area contributed by atoms with Gasteiger partial charge in [0, 0.05) is 24.7 Å². The van der Waals surface area contributed by atoms with Gasteiger partial charge < -0.3 is 15.0 Å². The van der Waals surface area contributed by atoms with Crippen molar-refractivity contribution in [1.82, 2.24) is 10.2 Å². The van der Waals surface area contributed by atoms with E-state index in [1.54, 1.807) is 30.0 Å². The van der Waals surface area contributed by atoms with E-state index < -0.39 is 6.09 Å². The Balaban J connectivity index is 1.89. The van der Waals surface area contributed by atoms with Crippen molar-refractivity contribution >= 4 is 35.2 Å². The van der Waals surface area contributed by atoms with Gasteiger partial charge in [-0.05, 0) is 38.0 Å². The van der Waals surface area contributed by atoms with E-state index in [0.29, 0.717) is 48.1 Å². The summed E-state index contributed by atoms with van der Waals surface area (Å²) in [5.74, 6) is -0.0758. The molecule has 0 bridgehead atoms. The minimum atomic E-state index is -0.406. The molecule has 7 heteroatoms. The van der Waals surface area contributed by atoms with Crippen molar-refractivity contribution in [2.75, 3.05) is 19.7 Å². The van der Waals surface area contributed by atoms with Gasteiger partial charge in [0.25, 0.3) is 5.91 Å². The molecule has 1 heterocycles. The molecule has 2 rings (SSSR count). The maximum atomic E-state index is 12.4. The van der Waals surface area contributed by atoms with Crippen LogP contribution in [0.15, 0.2) is 18.2 Å². The Morgan fingerprint density at radius 2 is 1.95 bits per heavy atom. The Kier molecular flexibility index (Phi) is 5.91. The molecule has 120 valence electrons. The molecule has 1 saturated heterocycles. The van der Waals surface area contributed by atoms with Crippen molar-refractivity contribution < 1.29 is 14.3 Å². The van der Waals surface area contributed by atoms with Crippen LogP contribution in [-0.2, 0) is 4.74 Å². The maximum absolute atomic E-state index is 12.4. The number of nitrogens with one attached hydrogen (secondary N) is 1. The molecular formula is C15H18Cl2N2O3. The first kappa shape index (κ1) is 16.9. The van der Waals surface area contributed by atoms with Gasteiger partial charge in [-0.25, -0.2) is 4.79 Å². The van der Waals surface area contributed by atoms with Crippen molar-refractivity contribution in [3.63, 3.8) is 0 Å². The number of hydrogen-bond acceptors (Lipinski definition) is 3. The van der Waals surface area contributed by atoms with Crippen LogP contribution in [0.4, 0.5) is 4.79 Å². The molecule has 0 saturated carbocycles. The van der Waals surface area contributed by atoms with Gasteiger partial charge in [-0.3, -0.25) is 4.79 Å². The molecule has 1 aromatic carbocycles. The Labute approximate surface area is 139 Å².